The lowest BCUT2D eigenvalue weighted by Crippen LogP contribution is -1.98. The Balaban J connectivity index is 2.44. The Hall–Kier alpha value is -1.62. The Labute approximate surface area is 85.1 Å². The second-order valence-corrected chi connectivity index (χ2v) is 3.17. The molecule has 0 heterocycles. The number of benzene rings is 1. The Kier molecular flexibility index (Phi) is 3.87. The summed E-state index contributed by atoms with van der Waals surface area (Å²) < 4.78 is 5.49. The van der Waals surface area contributed by atoms with Gasteiger partial charge in [-0.25, -0.2) is 0 Å². The number of nitrogen functional groups attached to an aromatic ring is 1. The van der Waals surface area contributed by atoms with E-state index in [0.717, 1.165) is 29.8 Å². The van der Waals surface area contributed by atoms with E-state index in [1.807, 2.05) is 25.1 Å². The molecule has 1 aromatic rings. The van der Waals surface area contributed by atoms with Crippen molar-refractivity contribution >= 4 is 5.69 Å². The third-order valence-corrected chi connectivity index (χ3v) is 1.98. The zero-order valence-electron chi connectivity index (χ0n) is 8.42. The van der Waals surface area contributed by atoms with Crippen LogP contribution in [0.5, 0.6) is 5.75 Å². The molecule has 1 aromatic carbocycles. The van der Waals surface area contributed by atoms with Crippen molar-refractivity contribution in [2.24, 2.45) is 0 Å². The lowest BCUT2D eigenvalue weighted by Gasteiger charge is -2.06. The van der Waals surface area contributed by atoms with Crippen molar-refractivity contribution in [1.29, 1.82) is 0 Å². The van der Waals surface area contributed by atoms with Gasteiger partial charge in [0.15, 0.2) is 0 Å². The van der Waals surface area contributed by atoms with Gasteiger partial charge in [-0.15, -0.1) is 12.3 Å². The van der Waals surface area contributed by atoms with E-state index in [0.29, 0.717) is 6.61 Å². The summed E-state index contributed by atoms with van der Waals surface area (Å²) >= 11 is 0. The minimum Gasteiger partial charge on any atom is -0.494 e. The van der Waals surface area contributed by atoms with Crippen molar-refractivity contribution in [3.63, 3.8) is 0 Å². The molecule has 0 saturated heterocycles. The lowest BCUT2D eigenvalue weighted by atomic mass is 10.2. The molecule has 14 heavy (non-hydrogen) atoms. The maximum Gasteiger partial charge on any atom is 0.119 e. The summed E-state index contributed by atoms with van der Waals surface area (Å²) in [6.45, 7) is 2.62. The van der Waals surface area contributed by atoms with E-state index in [2.05, 4.69) is 5.92 Å². The molecule has 2 heteroatoms. The van der Waals surface area contributed by atoms with Crippen LogP contribution in [0.1, 0.15) is 18.4 Å². The van der Waals surface area contributed by atoms with Gasteiger partial charge in [0.25, 0.3) is 0 Å². The van der Waals surface area contributed by atoms with Gasteiger partial charge in [0, 0.05) is 12.1 Å². The van der Waals surface area contributed by atoms with Crippen molar-refractivity contribution in [3.8, 4) is 18.1 Å². The molecule has 2 N–H and O–H groups in total. The van der Waals surface area contributed by atoms with Gasteiger partial charge in [-0.3, -0.25) is 0 Å². The molecule has 0 spiro atoms. The molecule has 0 radical (unpaired) electrons. The normalized spacial score (nSPS) is 9.43. The fraction of sp³-hybridized carbons (Fsp3) is 0.333. The van der Waals surface area contributed by atoms with E-state index >= 15 is 0 Å². The molecule has 1 rings (SSSR count). The van der Waals surface area contributed by atoms with Crippen LogP contribution in [-0.4, -0.2) is 6.61 Å². The standard InChI is InChI=1S/C12H15NO/c1-3-4-5-8-14-11-6-7-12(13)10(2)9-11/h1,6-7,9H,4-5,8,13H2,2H3. The van der Waals surface area contributed by atoms with Crippen LogP contribution in [0.2, 0.25) is 0 Å². The van der Waals surface area contributed by atoms with Crippen molar-refractivity contribution in [2.45, 2.75) is 19.8 Å². The summed E-state index contributed by atoms with van der Waals surface area (Å²) in [5, 5.41) is 0. The van der Waals surface area contributed by atoms with E-state index in [9.17, 15) is 0 Å². The number of hydrogen-bond donors (Lipinski definition) is 1. The Morgan fingerprint density at radius 1 is 1.50 bits per heavy atom. The van der Waals surface area contributed by atoms with Crippen LogP contribution in [0.15, 0.2) is 18.2 Å². The molecular weight excluding hydrogens is 174 g/mol. The molecule has 0 atom stereocenters. The van der Waals surface area contributed by atoms with Crippen LogP contribution in [0.4, 0.5) is 5.69 Å². The zero-order chi connectivity index (χ0) is 10.4. The van der Waals surface area contributed by atoms with E-state index in [1.54, 1.807) is 0 Å². The highest BCUT2D eigenvalue weighted by Crippen LogP contribution is 2.18. The van der Waals surface area contributed by atoms with Gasteiger partial charge in [0.2, 0.25) is 0 Å². The average molecular weight is 189 g/mol. The topological polar surface area (TPSA) is 35.2 Å². The van der Waals surface area contributed by atoms with Crippen molar-refractivity contribution in [1.82, 2.24) is 0 Å². The van der Waals surface area contributed by atoms with Crippen LogP contribution >= 0.6 is 0 Å². The molecule has 2 nitrogen and oxygen atoms in total. The minimum absolute atomic E-state index is 0.660. The van der Waals surface area contributed by atoms with Crippen LogP contribution in [0.25, 0.3) is 0 Å². The quantitative estimate of drug-likeness (QED) is 0.448. The fourth-order valence-corrected chi connectivity index (χ4v) is 1.10. The van der Waals surface area contributed by atoms with Gasteiger partial charge in [-0.05, 0) is 37.1 Å². The van der Waals surface area contributed by atoms with Gasteiger partial charge >= 0.3 is 0 Å². The first kappa shape index (κ1) is 10.5. The van der Waals surface area contributed by atoms with Gasteiger partial charge in [0.05, 0.1) is 6.61 Å². The maximum absolute atomic E-state index is 5.68. The molecule has 0 aliphatic carbocycles. The van der Waals surface area contributed by atoms with Crippen LogP contribution < -0.4 is 10.5 Å². The van der Waals surface area contributed by atoms with Crippen molar-refractivity contribution in [2.75, 3.05) is 12.3 Å². The Morgan fingerprint density at radius 2 is 2.29 bits per heavy atom. The molecular formula is C12H15NO. The lowest BCUT2D eigenvalue weighted by molar-refractivity contribution is 0.313. The van der Waals surface area contributed by atoms with E-state index in [1.165, 1.54) is 0 Å². The average Bonchev–Trinajstić information content (AvgIpc) is 2.18. The highest BCUT2D eigenvalue weighted by atomic mass is 16.5. The maximum atomic E-state index is 5.68. The summed E-state index contributed by atoms with van der Waals surface area (Å²) in [6, 6.07) is 5.66. The summed E-state index contributed by atoms with van der Waals surface area (Å²) in [7, 11) is 0. The highest BCUT2D eigenvalue weighted by Gasteiger charge is 1.96. The zero-order valence-corrected chi connectivity index (χ0v) is 8.42. The first-order valence-corrected chi connectivity index (χ1v) is 4.66. The molecule has 0 fully saturated rings. The highest BCUT2D eigenvalue weighted by molar-refractivity contribution is 5.49. The smallest absolute Gasteiger partial charge is 0.119 e. The molecule has 0 unspecified atom stereocenters. The molecule has 0 saturated carbocycles. The third kappa shape index (κ3) is 3.02. The molecule has 0 bridgehead atoms. The number of nitrogens with two attached hydrogens (primary N) is 1. The van der Waals surface area contributed by atoms with Gasteiger partial charge in [0.1, 0.15) is 5.75 Å². The first-order valence-electron chi connectivity index (χ1n) is 4.66. The van der Waals surface area contributed by atoms with Crippen LogP contribution in [-0.2, 0) is 0 Å². The van der Waals surface area contributed by atoms with Crippen molar-refractivity contribution in [3.05, 3.63) is 23.8 Å². The first-order chi connectivity index (χ1) is 6.74. The molecule has 0 aliphatic heterocycles. The van der Waals surface area contributed by atoms with Crippen molar-refractivity contribution < 1.29 is 4.74 Å². The number of rotatable bonds is 4. The fourth-order valence-electron chi connectivity index (χ4n) is 1.10. The molecule has 0 amide bonds. The minimum atomic E-state index is 0.660. The number of terminal acetylenes is 1. The number of hydrogen-bond acceptors (Lipinski definition) is 2. The summed E-state index contributed by atoms with van der Waals surface area (Å²) in [4.78, 5) is 0. The van der Waals surface area contributed by atoms with Gasteiger partial charge < -0.3 is 10.5 Å². The summed E-state index contributed by atoms with van der Waals surface area (Å²) in [5.41, 5.74) is 7.52. The second-order valence-electron chi connectivity index (χ2n) is 3.17. The van der Waals surface area contributed by atoms with Crippen LogP contribution in [0.3, 0.4) is 0 Å². The largest absolute Gasteiger partial charge is 0.494 e. The summed E-state index contributed by atoms with van der Waals surface area (Å²) in [5.74, 6) is 3.43. The number of aryl methyl sites for hydroxylation is 1. The second kappa shape index (κ2) is 5.18. The Bertz CT molecular complexity index is 339. The number of ether oxygens (including phenoxy) is 1. The van der Waals surface area contributed by atoms with Gasteiger partial charge in [-0.2, -0.15) is 0 Å². The third-order valence-electron chi connectivity index (χ3n) is 1.98. The SMILES string of the molecule is C#CCCCOc1ccc(N)c(C)c1. The van der Waals surface area contributed by atoms with Gasteiger partial charge in [-0.1, -0.05) is 0 Å². The predicted molar refractivity (Wildman–Crippen MR) is 59.2 cm³/mol. The van der Waals surface area contributed by atoms with E-state index < -0.39 is 0 Å². The molecule has 0 aromatic heterocycles. The summed E-state index contributed by atoms with van der Waals surface area (Å²) in [6.07, 6.45) is 6.78. The van der Waals surface area contributed by atoms with Crippen LogP contribution in [0, 0.1) is 19.3 Å². The molecule has 0 aliphatic rings. The number of unbranched alkanes of at least 4 members (excludes halogenated alkanes) is 1. The predicted octanol–water partition coefficient (Wildman–Crippen LogP) is 2.37. The van der Waals surface area contributed by atoms with E-state index in [4.69, 9.17) is 16.9 Å². The monoisotopic (exact) mass is 189 g/mol. The Morgan fingerprint density at radius 3 is 2.93 bits per heavy atom. The number of anilines is 1. The molecule has 74 valence electrons. The van der Waals surface area contributed by atoms with E-state index in [-0.39, 0.29) is 0 Å².